The van der Waals surface area contributed by atoms with Gasteiger partial charge in [0.2, 0.25) is 0 Å². The average molecular weight is 295 g/mol. The van der Waals surface area contributed by atoms with E-state index in [9.17, 15) is 0 Å². The molecule has 0 saturated carbocycles. The Balaban J connectivity index is 0.00000191. The molecular weight excluding hydrogens is 256 g/mol. The van der Waals surface area contributed by atoms with Crippen molar-refractivity contribution >= 4 is 0 Å². The van der Waals surface area contributed by atoms with Crippen molar-refractivity contribution in [1.29, 1.82) is 5.26 Å². The zero-order valence-corrected chi connectivity index (χ0v) is 14.7. The predicted octanol–water partition coefficient (Wildman–Crippen LogP) is 5.63. The summed E-state index contributed by atoms with van der Waals surface area (Å²) in [7, 11) is 0. The molecule has 21 heavy (non-hydrogen) atoms. The minimum atomic E-state index is 1.37. The van der Waals surface area contributed by atoms with Gasteiger partial charge >= 0.3 is 0 Å². The molecule has 124 valence electrons. The van der Waals surface area contributed by atoms with Gasteiger partial charge in [0.25, 0.3) is 0 Å². The third-order valence-electron chi connectivity index (χ3n) is 4.95. The quantitative estimate of drug-likeness (QED) is 0.260. The van der Waals surface area contributed by atoms with Crippen molar-refractivity contribution in [3.63, 3.8) is 0 Å². The summed E-state index contributed by atoms with van der Waals surface area (Å²) in [6.07, 6.45) is 17.5. The lowest BCUT2D eigenvalue weighted by Crippen LogP contribution is -2.46. The molecule has 0 aromatic heterocycles. The van der Waals surface area contributed by atoms with Crippen LogP contribution in [0.25, 0.3) is 0 Å². The highest BCUT2D eigenvalue weighted by atomic mass is 15.4. The maximum atomic E-state index is 6.25. The Morgan fingerprint density at radius 3 is 1.62 bits per heavy atom. The highest BCUT2D eigenvalue weighted by molar-refractivity contribution is 4.56. The monoisotopic (exact) mass is 294 g/mol. The number of unbranched alkanes of at least 4 members (excludes halogenated alkanes) is 8. The van der Waals surface area contributed by atoms with Gasteiger partial charge in [-0.2, -0.15) is 0 Å². The largest absolute Gasteiger partial charge is 0.512 e. The van der Waals surface area contributed by atoms with Crippen LogP contribution in [0.5, 0.6) is 0 Å². The molecule has 2 nitrogen and oxygen atoms in total. The fourth-order valence-electron chi connectivity index (χ4n) is 3.80. The van der Waals surface area contributed by atoms with Crippen LogP contribution in [0.4, 0.5) is 0 Å². The molecule has 0 radical (unpaired) electrons. The van der Waals surface area contributed by atoms with E-state index in [1.165, 1.54) is 108 Å². The molecule has 1 aliphatic heterocycles. The number of hydrogen-bond acceptors (Lipinski definition) is 1. The standard InChI is InChI=1S/C18H38N.CN/c1-3-5-6-7-8-9-10-11-12-16-19(15-4-2)17-13-14-18-19;1-2/h3-18H2,1-2H3;/q+1;-1. The van der Waals surface area contributed by atoms with Gasteiger partial charge in [-0.3, -0.25) is 0 Å². The van der Waals surface area contributed by atoms with Gasteiger partial charge in [-0.1, -0.05) is 58.8 Å². The number of hydrogen-bond donors (Lipinski definition) is 0. The summed E-state index contributed by atoms with van der Waals surface area (Å²) in [4.78, 5) is 0. The van der Waals surface area contributed by atoms with E-state index in [-0.39, 0.29) is 0 Å². The molecule has 2 heteroatoms. The van der Waals surface area contributed by atoms with Crippen LogP contribution in [-0.4, -0.2) is 30.7 Å². The van der Waals surface area contributed by atoms with E-state index >= 15 is 0 Å². The molecule has 0 spiro atoms. The topological polar surface area (TPSA) is 23.8 Å². The first kappa shape index (κ1) is 20.5. The Hall–Kier alpha value is -0.550. The van der Waals surface area contributed by atoms with Crippen LogP contribution < -0.4 is 0 Å². The zero-order chi connectivity index (χ0) is 15.8. The fourth-order valence-corrected chi connectivity index (χ4v) is 3.80. The van der Waals surface area contributed by atoms with E-state index in [2.05, 4.69) is 13.8 Å². The van der Waals surface area contributed by atoms with Gasteiger partial charge in [0, 0.05) is 12.8 Å². The zero-order valence-electron chi connectivity index (χ0n) is 14.7. The highest BCUT2D eigenvalue weighted by Crippen LogP contribution is 2.21. The fraction of sp³-hybridized carbons (Fsp3) is 0.947. The molecule has 0 aromatic carbocycles. The minimum absolute atomic E-state index is 1.37. The van der Waals surface area contributed by atoms with Gasteiger partial charge in [-0.25, -0.2) is 0 Å². The minimum Gasteiger partial charge on any atom is -0.512 e. The summed E-state index contributed by atoms with van der Waals surface area (Å²) >= 11 is 0. The number of likely N-dealkylation sites (tertiary alicyclic amines) is 1. The van der Waals surface area contributed by atoms with Crippen molar-refractivity contribution in [1.82, 2.24) is 0 Å². The summed E-state index contributed by atoms with van der Waals surface area (Å²) in [5.74, 6) is 0. The first-order valence-corrected chi connectivity index (χ1v) is 9.40. The van der Waals surface area contributed by atoms with E-state index in [0.29, 0.717) is 0 Å². The summed E-state index contributed by atoms with van der Waals surface area (Å²) in [6, 6.07) is 0. The van der Waals surface area contributed by atoms with Gasteiger partial charge in [-0.05, 0) is 19.3 Å². The van der Waals surface area contributed by atoms with Crippen LogP contribution in [0.1, 0.15) is 90.9 Å². The lowest BCUT2D eigenvalue weighted by atomic mass is 10.1. The lowest BCUT2D eigenvalue weighted by Gasteiger charge is -2.34. The van der Waals surface area contributed by atoms with Crippen LogP contribution in [0.15, 0.2) is 0 Å². The molecular formula is C19H38N2. The highest BCUT2D eigenvalue weighted by Gasteiger charge is 2.29. The van der Waals surface area contributed by atoms with Crippen molar-refractivity contribution in [2.75, 3.05) is 26.2 Å². The van der Waals surface area contributed by atoms with E-state index in [1.807, 2.05) is 0 Å². The van der Waals surface area contributed by atoms with Crippen molar-refractivity contribution in [2.45, 2.75) is 90.9 Å². The van der Waals surface area contributed by atoms with Crippen molar-refractivity contribution in [3.05, 3.63) is 6.57 Å². The first-order valence-electron chi connectivity index (χ1n) is 9.40. The van der Waals surface area contributed by atoms with E-state index in [0.717, 1.165) is 0 Å². The van der Waals surface area contributed by atoms with Crippen LogP contribution in [-0.2, 0) is 0 Å². The second-order valence-electron chi connectivity index (χ2n) is 6.77. The number of quaternary nitrogens is 1. The molecule has 1 fully saturated rings. The van der Waals surface area contributed by atoms with Crippen LogP contribution >= 0.6 is 0 Å². The van der Waals surface area contributed by atoms with E-state index in [4.69, 9.17) is 11.8 Å². The van der Waals surface area contributed by atoms with Gasteiger partial charge in [0.1, 0.15) is 0 Å². The normalized spacial score (nSPS) is 16.4. The van der Waals surface area contributed by atoms with E-state index < -0.39 is 0 Å². The maximum absolute atomic E-state index is 6.25. The molecule has 1 heterocycles. The molecule has 1 aliphatic rings. The maximum Gasteiger partial charge on any atom is 0.0788 e. The average Bonchev–Trinajstić information content (AvgIpc) is 2.97. The molecule has 0 unspecified atom stereocenters. The molecule has 0 N–H and O–H groups in total. The number of nitrogens with zero attached hydrogens (tertiary/aromatic N) is 2. The van der Waals surface area contributed by atoms with Crippen LogP contribution in [0.3, 0.4) is 0 Å². The second-order valence-corrected chi connectivity index (χ2v) is 6.77. The van der Waals surface area contributed by atoms with E-state index in [1.54, 1.807) is 0 Å². The Morgan fingerprint density at radius 2 is 1.14 bits per heavy atom. The third kappa shape index (κ3) is 9.91. The summed E-state index contributed by atoms with van der Waals surface area (Å²) in [6.45, 7) is 15.3. The van der Waals surface area contributed by atoms with Gasteiger partial charge in [-0.15, -0.1) is 0 Å². The van der Waals surface area contributed by atoms with Gasteiger partial charge in [0.15, 0.2) is 0 Å². The van der Waals surface area contributed by atoms with Crippen molar-refractivity contribution in [3.8, 4) is 0 Å². The van der Waals surface area contributed by atoms with Crippen LogP contribution in [0.2, 0.25) is 0 Å². The molecule has 0 aliphatic carbocycles. The molecule has 1 rings (SSSR count). The first-order chi connectivity index (χ1) is 10.3. The lowest BCUT2D eigenvalue weighted by molar-refractivity contribution is -0.917. The van der Waals surface area contributed by atoms with Gasteiger partial charge < -0.3 is 16.3 Å². The SMILES string of the molecule is CCCCCCCCCCC[N+]1(CCC)CCCC1.[C-]#N. The molecule has 1 saturated heterocycles. The molecule has 0 bridgehead atoms. The smallest absolute Gasteiger partial charge is 0.0788 e. The Labute approximate surface area is 134 Å². The number of rotatable bonds is 12. The van der Waals surface area contributed by atoms with Crippen molar-refractivity contribution in [2.24, 2.45) is 0 Å². The molecule has 0 aromatic rings. The summed E-state index contributed by atoms with van der Waals surface area (Å²) in [5, 5.41) is 6.25. The van der Waals surface area contributed by atoms with Gasteiger partial charge in [0.05, 0.1) is 26.2 Å². The predicted molar refractivity (Wildman–Crippen MR) is 91.4 cm³/mol. The third-order valence-corrected chi connectivity index (χ3v) is 4.95. The molecule has 0 amide bonds. The Bertz CT molecular complexity index is 229. The summed E-state index contributed by atoms with van der Waals surface area (Å²) in [5.41, 5.74) is 0. The van der Waals surface area contributed by atoms with Crippen LogP contribution in [0, 0.1) is 11.8 Å². The Morgan fingerprint density at radius 1 is 0.667 bits per heavy atom. The second kappa shape index (κ2) is 14.4. The summed E-state index contributed by atoms with van der Waals surface area (Å²) < 4.78 is 1.47. The van der Waals surface area contributed by atoms with Crippen molar-refractivity contribution < 1.29 is 4.48 Å². The Kier molecular flexibility index (Phi) is 14.0. The molecule has 0 atom stereocenters.